The number of amides is 1. The summed E-state index contributed by atoms with van der Waals surface area (Å²) in [6.07, 6.45) is 1.31. The number of ether oxygens (including phenoxy) is 1. The summed E-state index contributed by atoms with van der Waals surface area (Å²) in [6.45, 7) is 2.06. The average Bonchev–Trinajstić information content (AvgIpc) is 2.66. The van der Waals surface area contributed by atoms with Crippen molar-refractivity contribution in [3.05, 3.63) is 59.9 Å². The highest BCUT2D eigenvalue weighted by Crippen LogP contribution is 2.24. The number of carbonyl (C=O) groups is 1. The average molecular weight is 408 g/mol. The van der Waals surface area contributed by atoms with Gasteiger partial charge in [0.2, 0.25) is 15.9 Å². The van der Waals surface area contributed by atoms with E-state index in [9.17, 15) is 17.6 Å². The first-order valence-electron chi connectivity index (χ1n) is 8.80. The molecule has 28 heavy (non-hydrogen) atoms. The van der Waals surface area contributed by atoms with Gasteiger partial charge in [-0.15, -0.1) is 0 Å². The summed E-state index contributed by atoms with van der Waals surface area (Å²) in [6, 6.07) is 11.4. The topological polar surface area (TPSA) is 66.9 Å². The second-order valence-electron chi connectivity index (χ2n) is 6.50. The lowest BCUT2D eigenvalue weighted by Crippen LogP contribution is -2.49. The van der Waals surface area contributed by atoms with Gasteiger partial charge >= 0.3 is 0 Å². The third kappa shape index (κ3) is 5.22. The molecule has 0 spiro atoms. The molecule has 0 N–H and O–H groups in total. The van der Waals surface area contributed by atoms with Crippen molar-refractivity contribution in [3.8, 4) is 5.75 Å². The van der Waals surface area contributed by atoms with E-state index in [4.69, 9.17) is 4.74 Å². The van der Waals surface area contributed by atoms with Gasteiger partial charge in [0.25, 0.3) is 0 Å². The minimum Gasteiger partial charge on any atom is -0.497 e. The van der Waals surface area contributed by atoms with Crippen LogP contribution < -0.4 is 9.04 Å². The van der Waals surface area contributed by atoms with Crippen LogP contribution in [0, 0.1) is 5.82 Å². The number of nitrogens with zero attached hydrogens (tertiary/aromatic N) is 2. The number of likely N-dealkylation sites (N-methyl/N-ethyl adjacent to an activating group) is 1. The lowest BCUT2D eigenvalue weighted by molar-refractivity contribution is -0.131. The van der Waals surface area contributed by atoms with Gasteiger partial charge in [0.15, 0.2) is 0 Å². The van der Waals surface area contributed by atoms with Crippen LogP contribution in [-0.2, 0) is 21.4 Å². The van der Waals surface area contributed by atoms with Crippen LogP contribution in [0.25, 0.3) is 0 Å². The number of sulfonamides is 1. The molecule has 0 saturated heterocycles. The summed E-state index contributed by atoms with van der Waals surface area (Å²) in [5.74, 6) is -0.106. The predicted octanol–water partition coefficient (Wildman–Crippen LogP) is 3.04. The molecule has 0 aliphatic carbocycles. The van der Waals surface area contributed by atoms with Crippen molar-refractivity contribution in [2.24, 2.45) is 0 Å². The molecule has 0 fully saturated rings. The minimum atomic E-state index is -3.76. The van der Waals surface area contributed by atoms with Crippen molar-refractivity contribution >= 4 is 21.6 Å². The van der Waals surface area contributed by atoms with E-state index in [0.29, 0.717) is 12.3 Å². The third-order valence-electron chi connectivity index (χ3n) is 4.35. The number of methoxy groups -OCH3 is 1. The van der Waals surface area contributed by atoms with Gasteiger partial charge in [-0.3, -0.25) is 9.10 Å². The van der Waals surface area contributed by atoms with E-state index in [2.05, 4.69) is 0 Å². The molecular formula is C20H25FN2O4S. The summed E-state index contributed by atoms with van der Waals surface area (Å²) in [5.41, 5.74) is 1.14. The van der Waals surface area contributed by atoms with Crippen molar-refractivity contribution in [2.45, 2.75) is 25.9 Å². The molecule has 0 aliphatic rings. The van der Waals surface area contributed by atoms with Crippen molar-refractivity contribution in [1.29, 1.82) is 0 Å². The number of carbonyl (C=O) groups excluding carboxylic acids is 1. The Morgan fingerprint density at radius 2 is 1.68 bits per heavy atom. The van der Waals surface area contributed by atoms with E-state index >= 15 is 0 Å². The van der Waals surface area contributed by atoms with Crippen molar-refractivity contribution in [3.63, 3.8) is 0 Å². The lowest BCUT2D eigenvalue weighted by Gasteiger charge is -2.32. The molecule has 0 radical (unpaired) electrons. The van der Waals surface area contributed by atoms with Gasteiger partial charge in [-0.25, -0.2) is 12.8 Å². The maximum atomic E-state index is 13.3. The van der Waals surface area contributed by atoms with Crippen LogP contribution in [0.15, 0.2) is 48.5 Å². The van der Waals surface area contributed by atoms with E-state index in [1.807, 2.05) is 12.1 Å². The van der Waals surface area contributed by atoms with E-state index in [-0.39, 0.29) is 18.0 Å². The highest BCUT2D eigenvalue weighted by Gasteiger charge is 2.33. The molecular weight excluding hydrogens is 383 g/mol. The standard InChI is InChI=1S/C20H25FN2O4S/c1-5-19(23(28(4,25)26)17-10-8-16(21)9-11-17)20(24)22(2)14-15-6-12-18(27-3)13-7-15/h6-13,19H,5,14H2,1-4H3/t19-/m1/s1. The minimum absolute atomic E-state index is 0.252. The first-order chi connectivity index (χ1) is 13.2. The predicted molar refractivity (Wildman–Crippen MR) is 107 cm³/mol. The lowest BCUT2D eigenvalue weighted by atomic mass is 10.1. The zero-order valence-electron chi connectivity index (χ0n) is 16.4. The van der Waals surface area contributed by atoms with Crippen LogP contribution in [0.1, 0.15) is 18.9 Å². The number of rotatable bonds is 8. The molecule has 8 heteroatoms. The highest BCUT2D eigenvalue weighted by atomic mass is 32.2. The normalized spacial score (nSPS) is 12.3. The number of benzene rings is 2. The van der Waals surface area contributed by atoms with E-state index in [1.54, 1.807) is 33.2 Å². The maximum absolute atomic E-state index is 13.3. The molecule has 0 aromatic heterocycles. The van der Waals surface area contributed by atoms with Gasteiger partial charge in [-0.05, 0) is 48.4 Å². The quantitative estimate of drug-likeness (QED) is 0.673. The molecule has 1 amide bonds. The van der Waals surface area contributed by atoms with Gasteiger partial charge in [-0.1, -0.05) is 19.1 Å². The fourth-order valence-corrected chi connectivity index (χ4v) is 4.17. The molecule has 2 aromatic rings. The van der Waals surface area contributed by atoms with E-state index in [1.165, 1.54) is 29.2 Å². The number of halogens is 1. The Morgan fingerprint density at radius 1 is 1.11 bits per heavy atom. The second-order valence-corrected chi connectivity index (χ2v) is 8.36. The van der Waals surface area contributed by atoms with Crippen LogP contribution in [0.3, 0.4) is 0 Å². The Bertz CT molecular complexity index is 899. The summed E-state index contributed by atoms with van der Waals surface area (Å²) >= 11 is 0. The van der Waals surface area contributed by atoms with E-state index in [0.717, 1.165) is 16.1 Å². The van der Waals surface area contributed by atoms with Crippen LogP contribution in [0.2, 0.25) is 0 Å². The molecule has 152 valence electrons. The molecule has 0 aliphatic heterocycles. The summed E-state index contributed by atoms with van der Waals surface area (Å²) in [4.78, 5) is 14.5. The van der Waals surface area contributed by atoms with Crippen LogP contribution >= 0.6 is 0 Å². The number of hydrogen-bond acceptors (Lipinski definition) is 4. The Morgan fingerprint density at radius 3 is 2.14 bits per heavy atom. The molecule has 1 atom stereocenters. The Labute approximate surface area is 165 Å². The first kappa shape index (κ1) is 21.7. The summed E-state index contributed by atoms with van der Waals surface area (Å²) < 4.78 is 44.3. The monoisotopic (exact) mass is 408 g/mol. The summed E-state index contributed by atoms with van der Waals surface area (Å²) in [7, 11) is -0.555. The maximum Gasteiger partial charge on any atom is 0.246 e. The molecule has 6 nitrogen and oxygen atoms in total. The molecule has 0 unspecified atom stereocenters. The fourth-order valence-electron chi connectivity index (χ4n) is 2.97. The fraction of sp³-hybridized carbons (Fsp3) is 0.350. The number of hydrogen-bond donors (Lipinski definition) is 0. The van der Waals surface area contributed by atoms with Gasteiger partial charge in [0.1, 0.15) is 17.6 Å². The van der Waals surface area contributed by atoms with Gasteiger partial charge in [0, 0.05) is 13.6 Å². The van der Waals surface area contributed by atoms with Crippen LogP contribution in [-0.4, -0.2) is 45.7 Å². The van der Waals surface area contributed by atoms with Crippen LogP contribution in [0.4, 0.5) is 10.1 Å². The molecule has 2 aromatic carbocycles. The van der Waals surface area contributed by atoms with Crippen LogP contribution in [0.5, 0.6) is 5.75 Å². The van der Waals surface area contributed by atoms with Crippen molar-refractivity contribution < 1.29 is 22.3 Å². The number of anilines is 1. The molecule has 0 saturated carbocycles. The Kier molecular flexibility index (Phi) is 7.01. The molecule has 2 rings (SSSR count). The second kappa shape index (κ2) is 9.05. The highest BCUT2D eigenvalue weighted by molar-refractivity contribution is 7.92. The largest absolute Gasteiger partial charge is 0.497 e. The first-order valence-corrected chi connectivity index (χ1v) is 10.6. The zero-order chi connectivity index (χ0) is 20.9. The summed E-state index contributed by atoms with van der Waals surface area (Å²) in [5, 5.41) is 0. The smallest absolute Gasteiger partial charge is 0.246 e. The Hall–Kier alpha value is -2.61. The Balaban J connectivity index is 2.28. The van der Waals surface area contributed by atoms with E-state index < -0.39 is 21.9 Å². The van der Waals surface area contributed by atoms with Gasteiger partial charge in [0.05, 0.1) is 19.1 Å². The third-order valence-corrected chi connectivity index (χ3v) is 5.53. The van der Waals surface area contributed by atoms with Crippen molar-refractivity contribution in [2.75, 3.05) is 24.7 Å². The zero-order valence-corrected chi connectivity index (χ0v) is 17.2. The molecule has 0 bridgehead atoms. The molecule has 0 heterocycles. The van der Waals surface area contributed by atoms with Gasteiger partial charge in [-0.2, -0.15) is 0 Å². The SMILES string of the molecule is CC[C@H](C(=O)N(C)Cc1ccc(OC)cc1)N(c1ccc(F)cc1)S(C)(=O)=O. The van der Waals surface area contributed by atoms with Gasteiger partial charge < -0.3 is 9.64 Å². The van der Waals surface area contributed by atoms with Crippen molar-refractivity contribution in [1.82, 2.24) is 4.90 Å².